The molecule has 0 aliphatic heterocycles. The van der Waals surface area contributed by atoms with E-state index in [1.54, 1.807) is 30.0 Å². The SMILES string of the molecule is C=Cc1ccn(Cc2ccc(OC)c(-c3cccc(N)c3)c2)c(=O)c1. The van der Waals surface area contributed by atoms with Crippen molar-refractivity contribution in [2.24, 2.45) is 0 Å². The molecule has 126 valence electrons. The highest BCUT2D eigenvalue weighted by Gasteiger charge is 2.08. The molecule has 4 nitrogen and oxygen atoms in total. The Morgan fingerprint density at radius 2 is 2.00 bits per heavy atom. The zero-order chi connectivity index (χ0) is 17.8. The number of nitrogens with zero attached hydrogens (tertiary/aromatic N) is 1. The fourth-order valence-electron chi connectivity index (χ4n) is 2.76. The van der Waals surface area contributed by atoms with Crippen molar-refractivity contribution in [3.8, 4) is 16.9 Å². The first-order chi connectivity index (χ1) is 12.1. The van der Waals surface area contributed by atoms with Crippen molar-refractivity contribution < 1.29 is 4.74 Å². The predicted octanol–water partition coefficient (Wildman–Crippen LogP) is 3.80. The van der Waals surface area contributed by atoms with Crippen LogP contribution in [0.1, 0.15) is 11.1 Å². The monoisotopic (exact) mass is 332 g/mol. The van der Waals surface area contributed by atoms with Crippen molar-refractivity contribution >= 4 is 11.8 Å². The number of pyridine rings is 1. The zero-order valence-corrected chi connectivity index (χ0v) is 14.1. The third-order valence-corrected chi connectivity index (χ3v) is 4.07. The zero-order valence-electron chi connectivity index (χ0n) is 14.1. The van der Waals surface area contributed by atoms with Gasteiger partial charge in [-0.3, -0.25) is 4.79 Å². The molecule has 0 amide bonds. The molecule has 1 aromatic heterocycles. The first-order valence-electron chi connectivity index (χ1n) is 7.96. The number of aromatic nitrogens is 1. The highest BCUT2D eigenvalue weighted by Crippen LogP contribution is 2.32. The van der Waals surface area contributed by atoms with E-state index in [1.807, 2.05) is 48.5 Å². The first kappa shape index (κ1) is 16.6. The van der Waals surface area contributed by atoms with Gasteiger partial charge in [0.1, 0.15) is 5.75 Å². The van der Waals surface area contributed by atoms with Gasteiger partial charge >= 0.3 is 0 Å². The highest BCUT2D eigenvalue weighted by atomic mass is 16.5. The molecule has 0 atom stereocenters. The average molecular weight is 332 g/mol. The minimum absolute atomic E-state index is 0.0567. The Bertz CT molecular complexity index is 974. The summed E-state index contributed by atoms with van der Waals surface area (Å²) in [4.78, 5) is 12.2. The van der Waals surface area contributed by atoms with E-state index in [1.165, 1.54) is 0 Å². The number of hydrogen-bond donors (Lipinski definition) is 1. The summed E-state index contributed by atoms with van der Waals surface area (Å²) in [5.41, 5.74) is 10.3. The Kier molecular flexibility index (Phi) is 4.70. The molecule has 2 N–H and O–H groups in total. The van der Waals surface area contributed by atoms with Crippen molar-refractivity contribution in [1.82, 2.24) is 4.57 Å². The fraction of sp³-hybridized carbons (Fsp3) is 0.0952. The summed E-state index contributed by atoms with van der Waals surface area (Å²) in [6.07, 6.45) is 3.45. The first-order valence-corrected chi connectivity index (χ1v) is 7.96. The van der Waals surface area contributed by atoms with E-state index < -0.39 is 0 Å². The molecule has 1 heterocycles. The summed E-state index contributed by atoms with van der Waals surface area (Å²) in [5, 5.41) is 0. The molecule has 3 rings (SSSR count). The second kappa shape index (κ2) is 7.09. The molecule has 0 aliphatic rings. The molecule has 2 aromatic carbocycles. The third kappa shape index (κ3) is 3.63. The van der Waals surface area contributed by atoms with Crippen molar-refractivity contribution in [3.63, 3.8) is 0 Å². The molecule has 4 heteroatoms. The molecular weight excluding hydrogens is 312 g/mol. The summed E-state index contributed by atoms with van der Waals surface area (Å²) < 4.78 is 7.14. The van der Waals surface area contributed by atoms with E-state index in [2.05, 4.69) is 6.58 Å². The van der Waals surface area contributed by atoms with Crippen LogP contribution in [0.2, 0.25) is 0 Å². The lowest BCUT2D eigenvalue weighted by Gasteiger charge is -2.13. The molecular formula is C21H20N2O2. The lowest BCUT2D eigenvalue weighted by Crippen LogP contribution is -2.19. The number of ether oxygens (including phenoxy) is 1. The third-order valence-electron chi connectivity index (χ3n) is 4.07. The topological polar surface area (TPSA) is 57.2 Å². The van der Waals surface area contributed by atoms with Gasteiger partial charge in [0.25, 0.3) is 5.56 Å². The number of hydrogen-bond acceptors (Lipinski definition) is 3. The molecule has 0 fully saturated rings. The summed E-state index contributed by atoms with van der Waals surface area (Å²) in [5.74, 6) is 0.767. The molecule has 0 bridgehead atoms. The van der Waals surface area contributed by atoms with Crippen molar-refractivity contribution in [3.05, 3.63) is 88.9 Å². The van der Waals surface area contributed by atoms with Crippen LogP contribution in [0.5, 0.6) is 5.75 Å². The van der Waals surface area contributed by atoms with Crippen LogP contribution in [0.25, 0.3) is 17.2 Å². The van der Waals surface area contributed by atoms with E-state index in [-0.39, 0.29) is 5.56 Å². The van der Waals surface area contributed by atoms with Crippen molar-refractivity contribution in [2.75, 3.05) is 12.8 Å². The fourth-order valence-corrected chi connectivity index (χ4v) is 2.76. The van der Waals surface area contributed by atoms with Crippen LogP contribution in [0.3, 0.4) is 0 Å². The van der Waals surface area contributed by atoms with Gasteiger partial charge in [0.2, 0.25) is 0 Å². The average Bonchev–Trinajstić information content (AvgIpc) is 2.63. The number of rotatable bonds is 5. The molecule has 0 saturated carbocycles. The number of nitrogen functional groups attached to an aromatic ring is 1. The van der Waals surface area contributed by atoms with Gasteiger partial charge < -0.3 is 15.0 Å². The lowest BCUT2D eigenvalue weighted by molar-refractivity contribution is 0.416. The van der Waals surface area contributed by atoms with E-state index >= 15 is 0 Å². The van der Waals surface area contributed by atoms with Gasteiger partial charge in [-0.05, 0) is 47.0 Å². The van der Waals surface area contributed by atoms with Gasteiger partial charge in [-0.15, -0.1) is 0 Å². The number of nitrogens with two attached hydrogens (primary N) is 1. The highest BCUT2D eigenvalue weighted by molar-refractivity contribution is 5.73. The number of anilines is 1. The van der Waals surface area contributed by atoms with Gasteiger partial charge in [-0.2, -0.15) is 0 Å². The smallest absolute Gasteiger partial charge is 0.251 e. The van der Waals surface area contributed by atoms with Crippen molar-refractivity contribution in [1.29, 1.82) is 0 Å². The minimum atomic E-state index is -0.0567. The van der Waals surface area contributed by atoms with E-state index in [0.717, 1.165) is 28.0 Å². The lowest BCUT2D eigenvalue weighted by atomic mass is 10.0. The molecule has 3 aromatic rings. The van der Waals surface area contributed by atoms with Gasteiger partial charge in [-0.25, -0.2) is 0 Å². The Morgan fingerprint density at radius 3 is 2.68 bits per heavy atom. The van der Waals surface area contributed by atoms with Gasteiger partial charge in [-0.1, -0.05) is 30.9 Å². The summed E-state index contributed by atoms with van der Waals surface area (Å²) in [6.45, 7) is 4.17. The normalized spacial score (nSPS) is 10.4. The largest absolute Gasteiger partial charge is 0.496 e. The Morgan fingerprint density at radius 1 is 1.16 bits per heavy atom. The van der Waals surface area contributed by atoms with Gasteiger partial charge in [0, 0.05) is 23.5 Å². The van der Waals surface area contributed by atoms with Crippen LogP contribution in [0, 0.1) is 0 Å². The molecule has 0 unspecified atom stereocenters. The molecule has 0 saturated heterocycles. The standard InChI is InChI=1S/C21H20N2O2/c1-3-15-9-10-23(21(24)12-15)14-16-7-8-20(25-2)19(11-16)17-5-4-6-18(22)13-17/h3-13H,1,14,22H2,2H3. The molecule has 0 aliphatic carbocycles. The predicted molar refractivity (Wildman–Crippen MR) is 103 cm³/mol. The van der Waals surface area contributed by atoms with Crippen LogP contribution in [-0.2, 0) is 6.54 Å². The van der Waals surface area contributed by atoms with Crippen molar-refractivity contribution in [2.45, 2.75) is 6.54 Å². The van der Waals surface area contributed by atoms with Crippen LogP contribution in [-0.4, -0.2) is 11.7 Å². The Hall–Kier alpha value is -3.27. The maximum absolute atomic E-state index is 12.2. The van der Waals surface area contributed by atoms with E-state index in [4.69, 9.17) is 10.5 Å². The van der Waals surface area contributed by atoms with Gasteiger partial charge in [0.15, 0.2) is 0 Å². The summed E-state index contributed by atoms with van der Waals surface area (Å²) >= 11 is 0. The van der Waals surface area contributed by atoms with Crippen LogP contribution >= 0.6 is 0 Å². The number of benzene rings is 2. The van der Waals surface area contributed by atoms with Gasteiger partial charge in [0.05, 0.1) is 13.7 Å². The number of methoxy groups -OCH3 is 1. The van der Waals surface area contributed by atoms with Crippen LogP contribution in [0.15, 0.2) is 72.2 Å². The molecule has 0 radical (unpaired) electrons. The molecule has 25 heavy (non-hydrogen) atoms. The summed E-state index contributed by atoms with van der Waals surface area (Å²) in [6, 6.07) is 17.0. The molecule has 0 spiro atoms. The quantitative estimate of drug-likeness (QED) is 0.723. The Labute approximate surface area is 146 Å². The maximum Gasteiger partial charge on any atom is 0.251 e. The van der Waals surface area contributed by atoms with E-state index in [9.17, 15) is 4.79 Å². The van der Waals surface area contributed by atoms with Crippen LogP contribution < -0.4 is 16.0 Å². The second-order valence-corrected chi connectivity index (χ2v) is 5.79. The minimum Gasteiger partial charge on any atom is -0.496 e. The van der Waals surface area contributed by atoms with E-state index in [0.29, 0.717) is 12.2 Å². The summed E-state index contributed by atoms with van der Waals surface area (Å²) in [7, 11) is 1.64. The Balaban J connectivity index is 2.00. The van der Waals surface area contributed by atoms with Crippen LogP contribution in [0.4, 0.5) is 5.69 Å². The maximum atomic E-state index is 12.2. The second-order valence-electron chi connectivity index (χ2n) is 5.79.